The molecule has 1 unspecified atom stereocenters. The lowest BCUT2D eigenvalue weighted by Gasteiger charge is -2.15. The molecule has 1 aromatic carbocycles. The van der Waals surface area contributed by atoms with Crippen molar-refractivity contribution < 1.29 is 17.9 Å². The molecule has 0 saturated heterocycles. The van der Waals surface area contributed by atoms with Crippen molar-refractivity contribution in [3.8, 4) is 0 Å². The van der Waals surface area contributed by atoms with E-state index in [0.29, 0.717) is 12.3 Å². The molecule has 1 nitrogen and oxygen atoms in total. The van der Waals surface area contributed by atoms with Crippen LogP contribution >= 0.6 is 11.6 Å². The lowest BCUT2D eigenvalue weighted by Crippen LogP contribution is -2.17. The van der Waals surface area contributed by atoms with Crippen LogP contribution in [-0.2, 0) is 4.74 Å². The van der Waals surface area contributed by atoms with Gasteiger partial charge in [0.1, 0.15) is 6.61 Å². The first kappa shape index (κ1) is 16.3. The van der Waals surface area contributed by atoms with Gasteiger partial charge in [0.25, 0.3) is 0 Å². The molecule has 0 amide bonds. The summed E-state index contributed by atoms with van der Waals surface area (Å²) in [5.74, 6) is 0.624. The third-order valence-corrected chi connectivity index (χ3v) is 3.18. The zero-order valence-electron chi connectivity index (χ0n) is 10.8. The number of rotatable bonds is 7. The number of halogens is 4. The summed E-state index contributed by atoms with van der Waals surface area (Å²) >= 11 is 5.92. The molecule has 0 aliphatic rings. The lowest BCUT2D eigenvalue weighted by molar-refractivity contribution is -0.174. The molecule has 19 heavy (non-hydrogen) atoms. The second-order valence-corrected chi connectivity index (χ2v) is 4.88. The Kier molecular flexibility index (Phi) is 6.66. The van der Waals surface area contributed by atoms with Gasteiger partial charge < -0.3 is 4.74 Å². The first-order chi connectivity index (χ1) is 8.92. The molecule has 0 aliphatic heterocycles. The Balaban J connectivity index is 2.34. The number of hydrogen-bond donors (Lipinski definition) is 0. The maximum absolute atomic E-state index is 11.9. The molecule has 0 bridgehead atoms. The summed E-state index contributed by atoms with van der Waals surface area (Å²) in [6, 6.07) is 8.02. The molecular weight excluding hydrogens is 277 g/mol. The highest BCUT2D eigenvalue weighted by molar-refractivity contribution is 6.18. The van der Waals surface area contributed by atoms with Gasteiger partial charge in [0.05, 0.1) is 0 Å². The smallest absolute Gasteiger partial charge is 0.372 e. The highest BCUT2D eigenvalue weighted by Gasteiger charge is 2.27. The van der Waals surface area contributed by atoms with Crippen molar-refractivity contribution in [2.24, 2.45) is 0 Å². The molecular formula is C14H18ClF3O. The molecule has 1 atom stereocenters. The van der Waals surface area contributed by atoms with Crippen LogP contribution in [0.4, 0.5) is 13.2 Å². The minimum Gasteiger partial charge on any atom is -0.372 e. The number of alkyl halides is 4. The van der Waals surface area contributed by atoms with Gasteiger partial charge in [-0.05, 0) is 31.2 Å². The Labute approximate surface area is 116 Å². The van der Waals surface area contributed by atoms with E-state index in [1.165, 1.54) is 0 Å². The van der Waals surface area contributed by atoms with E-state index in [0.717, 1.165) is 17.5 Å². The number of ether oxygens (including phenoxy) is 1. The lowest BCUT2D eigenvalue weighted by atomic mass is 9.95. The number of hydrogen-bond acceptors (Lipinski definition) is 1. The molecule has 0 N–H and O–H groups in total. The van der Waals surface area contributed by atoms with E-state index in [4.69, 9.17) is 11.6 Å². The predicted molar refractivity (Wildman–Crippen MR) is 70.7 cm³/mol. The van der Waals surface area contributed by atoms with Crippen LogP contribution in [0, 0.1) is 6.92 Å². The Morgan fingerprint density at radius 3 is 2.63 bits per heavy atom. The van der Waals surface area contributed by atoms with E-state index in [2.05, 4.69) is 10.8 Å². The third kappa shape index (κ3) is 6.83. The molecule has 108 valence electrons. The molecule has 0 aromatic heterocycles. The average molecular weight is 295 g/mol. The second-order valence-electron chi connectivity index (χ2n) is 4.58. The van der Waals surface area contributed by atoms with Crippen LogP contribution in [0.3, 0.4) is 0 Å². The van der Waals surface area contributed by atoms with E-state index in [1.54, 1.807) is 0 Å². The summed E-state index contributed by atoms with van der Waals surface area (Å²) < 4.78 is 40.2. The predicted octanol–water partition coefficient (Wildman–Crippen LogP) is 4.68. The fraction of sp³-hybridized carbons (Fsp3) is 0.571. The Bertz CT molecular complexity index is 379. The van der Waals surface area contributed by atoms with Gasteiger partial charge >= 0.3 is 6.18 Å². The van der Waals surface area contributed by atoms with Crippen molar-refractivity contribution in [1.29, 1.82) is 0 Å². The molecule has 0 saturated carbocycles. The quantitative estimate of drug-likeness (QED) is 0.524. The van der Waals surface area contributed by atoms with Crippen molar-refractivity contribution in [3.63, 3.8) is 0 Å². The Hall–Kier alpha value is -0.740. The summed E-state index contributed by atoms with van der Waals surface area (Å²) in [7, 11) is 0. The monoisotopic (exact) mass is 294 g/mol. The van der Waals surface area contributed by atoms with E-state index in [-0.39, 0.29) is 12.5 Å². The summed E-state index contributed by atoms with van der Waals surface area (Å²) in [5, 5.41) is 0. The van der Waals surface area contributed by atoms with Gasteiger partial charge in [-0.15, -0.1) is 11.6 Å². The molecule has 1 aromatic rings. The number of benzene rings is 1. The maximum atomic E-state index is 11.9. The van der Waals surface area contributed by atoms with Gasteiger partial charge in [-0.3, -0.25) is 0 Å². The van der Waals surface area contributed by atoms with Crippen molar-refractivity contribution in [1.82, 2.24) is 0 Å². The van der Waals surface area contributed by atoms with Gasteiger partial charge in [0.2, 0.25) is 0 Å². The SMILES string of the molecule is Cc1cccc(C(CCl)CCCOCC(F)(F)F)c1. The van der Waals surface area contributed by atoms with Gasteiger partial charge in [0, 0.05) is 12.5 Å². The first-order valence-electron chi connectivity index (χ1n) is 6.19. The standard InChI is InChI=1S/C14H18ClF3O/c1-11-4-2-5-12(8-11)13(9-15)6-3-7-19-10-14(16,17)18/h2,4-5,8,13H,3,6-7,9-10H2,1H3. The van der Waals surface area contributed by atoms with Crippen LogP contribution in [0.5, 0.6) is 0 Å². The van der Waals surface area contributed by atoms with Crippen LogP contribution in [0.1, 0.15) is 29.9 Å². The molecule has 0 aliphatic carbocycles. The van der Waals surface area contributed by atoms with Crippen molar-refractivity contribution in [2.75, 3.05) is 19.1 Å². The summed E-state index contributed by atoms with van der Waals surface area (Å²) in [4.78, 5) is 0. The van der Waals surface area contributed by atoms with Gasteiger partial charge in [-0.1, -0.05) is 29.8 Å². The third-order valence-electron chi connectivity index (χ3n) is 2.81. The molecule has 0 spiro atoms. The summed E-state index contributed by atoms with van der Waals surface area (Å²) in [6.45, 7) is 0.933. The van der Waals surface area contributed by atoms with Crippen molar-refractivity contribution in [2.45, 2.75) is 31.9 Å². The maximum Gasteiger partial charge on any atom is 0.411 e. The molecule has 0 radical (unpaired) electrons. The van der Waals surface area contributed by atoms with Crippen LogP contribution < -0.4 is 0 Å². The highest BCUT2D eigenvalue weighted by Crippen LogP contribution is 2.24. The van der Waals surface area contributed by atoms with Crippen LogP contribution in [-0.4, -0.2) is 25.3 Å². The molecule has 0 fully saturated rings. The normalized spacial score (nSPS) is 13.5. The first-order valence-corrected chi connectivity index (χ1v) is 6.73. The van der Waals surface area contributed by atoms with E-state index < -0.39 is 12.8 Å². The van der Waals surface area contributed by atoms with Gasteiger partial charge in [-0.25, -0.2) is 0 Å². The molecule has 1 rings (SSSR count). The summed E-state index contributed by atoms with van der Waals surface area (Å²) in [5.41, 5.74) is 2.28. The minimum atomic E-state index is -4.25. The molecule has 5 heteroatoms. The highest BCUT2D eigenvalue weighted by atomic mass is 35.5. The van der Waals surface area contributed by atoms with E-state index in [1.807, 2.05) is 25.1 Å². The van der Waals surface area contributed by atoms with Crippen molar-refractivity contribution in [3.05, 3.63) is 35.4 Å². The molecule has 0 heterocycles. The summed E-state index contributed by atoms with van der Waals surface area (Å²) in [6.07, 6.45) is -2.95. The van der Waals surface area contributed by atoms with E-state index in [9.17, 15) is 13.2 Å². The fourth-order valence-electron chi connectivity index (χ4n) is 1.88. The average Bonchev–Trinajstić information content (AvgIpc) is 2.32. The van der Waals surface area contributed by atoms with Crippen molar-refractivity contribution >= 4 is 11.6 Å². The van der Waals surface area contributed by atoms with Crippen LogP contribution in [0.25, 0.3) is 0 Å². The minimum absolute atomic E-state index is 0.110. The van der Waals surface area contributed by atoms with E-state index >= 15 is 0 Å². The largest absolute Gasteiger partial charge is 0.411 e. The Morgan fingerprint density at radius 1 is 1.32 bits per heavy atom. The second kappa shape index (κ2) is 7.75. The van der Waals surface area contributed by atoms with Crippen LogP contribution in [0.15, 0.2) is 24.3 Å². The van der Waals surface area contributed by atoms with Gasteiger partial charge in [-0.2, -0.15) is 13.2 Å². The van der Waals surface area contributed by atoms with Crippen LogP contribution in [0.2, 0.25) is 0 Å². The van der Waals surface area contributed by atoms with Gasteiger partial charge in [0.15, 0.2) is 0 Å². The topological polar surface area (TPSA) is 9.23 Å². The zero-order valence-corrected chi connectivity index (χ0v) is 11.6. The zero-order chi connectivity index (χ0) is 14.3. The fourth-order valence-corrected chi connectivity index (χ4v) is 2.21. The number of aryl methyl sites for hydroxylation is 1. The Morgan fingerprint density at radius 2 is 2.05 bits per heavy atom.